The number of carbonyl (C=O) groups excluding carboxylic acids is 1. The molecule has 5 nitrogen and oxygen atoms in total. The lowest BCUT2D eigenvalue weighted by Gasteiger charge is -2.08. The van der Waals surface area contributed by atoms with Gasteiger partial charge >= 0.3 is 0 Å². The number of nitrogens with two attached hydrogens (primary N) is 1. The van der Waals surface area contributed by atoms with E-state index in [1.807, 2.05) is 38.1 Å². The molecule has 0 unspecified atom stereocenters. The van der Waals surface area contributed by atoms with Crippen LogP contribution < -0.4 is 16.4 Å². The molecule has 6 heteroatoms. The number of benzene rings is 1. The zero-order valence-electron chi connectivity index (χ0n) is 13.6. The molecule has 0 fully saturated rings. The van der Waals surface area contributed by atoms with Gasteiger partial charge in [-0.3, -0.25) is 4.79 Å². The van der Waals surface area contributed by atoms with Crippen LogP contribution in [0.1, 0.15) is 49.5 Å². The molecule has 0 atom stereocenters. The average molecular weight is 418 g/mol. The highest BCUT2D eigenvalue weighted by molar-refractivity contribution is 14.0. The van der Waals surface area contributed by atoms with Crippen LogP contribution in [-0.2, 0) is 6.54 Å². The summed E-state index contributed by atoms with van der Waals surface area (Å²) < 4.78 is 0. The van der Waals surface area contributed by atoms with Crippen LogP contribution in [0.15, 0.2) is 29.3 Å². The maximum absolute atomic E-state index is 11.8. The molecule has 1 rings (SSSR count). The number of guanidine groups is 1. The summed E-state index contributed by atoms with van der Waals surface area (Å²) in [4.78, 5) is 16.1. The van der Waals surface area contributed by atoms with Gasteiger partial charge in [0.25, 0.3) is 5.91 Å². The standard InChI is InChI=1S/C16H26N4O.HI/c1-4-5-10-18-15(21)14-8-6-13(7-9-14)11-19-16(17)20-12(2)3;/h6-9,12H,4-5,10-11H2,1-3H3,(H,18,21)(H3,17,19,20);1H. The third-order valence-electron chi connectivity index (χ3n) is 2.90. The van der Waals surface area contributed by atoms with E-state index in [4.69, 9.17) is 5.73 Å². The summed E-state index contributed by atoms with van der Waals surface area (Å²) in [6, 6.07) is 7.71. The average Bonchev–Trinajstić information content (AvgIpc) is 2.45. The van der Waals surface area contributed by atoms with Gasteiger partial charge in [0.2, 0.25) is 0 Å². The maximum atomic E-state index is 11.8. The van der Waals surface area contributed by atoms with Gasteiger partial charge in [-0.1, -0.05) is 25.5 Å². The van der Waals surface area contributed by atoms with E-state index in [0.29, 0.717) is 18.1 Å². The van der Waals surface area contributed by atoms with Crippen molar-refractivity contribution >= 4 is 35.8 Å². The van der Waals surface area contributed by atoms with Crippen LogP contribution in [0, 0.1) is 0 Å². The number of rotatable bonds is 7. The summed E-state index contributed by atoms with van der Waals surface area (Å²) in [5, 5.41) is 5.93. The van der Waals surface area contributed by atoms with Gasteiger partial charge < -0.3 is 16.4 Å². The van der Waals surface area contributed by atoms with Crippen molar-refractivity contribution in [1.82, 2.24) is 10.6 Å². The molecule has 0 aliphatic carbocycles. The Hall–Kier alpha value is -1.31. The molecule has 4 N–H and O–H groups in total. The highest BCUT2D eigenvalue weighted by Crippen LogP contribution is 2.06. The molecule has 0 radical (unpaired) electrons. The van der Waals surface area contributed by atoms with Gasteiger partial charge in [-0.05, 0) is 38.0 Å². The fourth-order valence-corrected chi connectivity index (χ4v) is 1.76. The van der Waals surface area contributed by atoms with E-state index in [1.165, 1.54) is 0 Å². The molecule has 124 valence electrons. The predicted molar refractivity (Wildman–Crippen MR) is 103 cm³/mol. The highest BCUT2D eigenvalue weighted by atomic mass is 127. The lowest BCUT2D eigenvalue weighted by atomic mass is 10.1. The SMILES string of the molecule is CCCCNC(=O)c1ccc(CN=C(N)NC(C)C)cc1.I. The predicted octanol–water partition coefficient (Wildman–Crippen LogP) is 2.65. The second-order valence-electron chi connectivity index (χ2n) is 5.31. The summed E-state index contributed by atoms with van der Waals surface area (Å²) in [6.07, 6.45) is 2.07. The minimum Gasteiger partial charge on any atom is -0.370 e. The number of hydrogen-bond donors (Lipinski definition) is 3. The molecule has 1 aromatic carbocycles. The van der Waals surface area contributed by atoms with Gasteiger partial charge in [0.15, 0.2) is 5.96 Å². The second kappa shape index (κ2) is 11.3. The van der Waals surface area contributed by atoms with Gasteiger partial charge in [0.1, 0.15) is 0 Å². The van der Waals surface area contributed by atoms with Crippen molar-refractivity contribution in [2.75, 3.05) is 6.54 Å². The summed E-state index contributed by atoms with van der Waals surface area (Å²) in [6.45, 7) is 7.34. The van der Waals surface area contributed by atoms with Crippen LogP contribution in [-0.4, -0.2) is 24.5 Å². The molecule has 0 saturated carbocycles. The molecule has 0 aliphatic heterocycles. The van der Waals surface area contributed by atoms with Crippen molar-refractivity contribution in [2.24, 2.45) is 10.7 Å². The Balaban J connectivity index is 0.00000441. The Morgan fingerprint density at radius 3 is 2.45 bits per heavy atom. The lowest BCUT2D eigenvalue weighted by molar-refractivity contribution is 0.0953. The zero-order chi connectivity index (χ0) is 15.7. The number of carbonyl (C=O) groups is 1. The summed E-state index contributed by atoms with van der Waals surface area (Å²) >= 11 is 0. The van der Waals surface area contributed by atoms with Gasteiger partial charge in [0.05, 0.1) is 6.54 Å². The molecular weight excluding hydrogens is 391 g/mol. The smallest absolute Gasteiger partial charge is 0.251 e. The Bertz CT molecular complexity index is 472. The largest absolute Gasteiger partial charge is 0.370 e. The van der Waals surface area contributed by atoms with Crippen molar-refractivity contribution in [2.45, 2.75) is 46.2 Å². The fourth-order valence-electron chi connectivity index (χ4n) is 1.76. The van der Waals surface area contributed by atoms with E-state index in [9.17, 15) is 4.79 Å². The number of nitrogens with zero attached hydrogens (tertiary/aromatic N) is 1. The van der Waals surface area contributed by atoms with E-state index in [0.717, 1.165) is 24.9 Å². The molecule has 0 aliphatic rings. The quantitative estimate of drug-likeness (QED) is 0.276. The number of unbranched alkanes of at least 4 members (excludes halogenated alkanes) is 1. The lowest BCUT2D eigenvalue weighted by Crippen LogP contribution is -2.36. The van der Waals surface area contributed by atoms with Crippen LogP contribution in [0.25, 0.3) is 0 Å². The van der Waals surface area contributed by atoms with Crippen molar-refractivity contribution in [3.8, 4) is 0 Å². The second-order valence-corrected chi connectivity index (χ2v) is 5.31. The van der Waals surface area contributed by atoms with E-state index < -0.39 is 0 Å². The molecule has 0 spiro atoms. The van der Waals surface area contributed by atoms with Gasteiger partial charge in [-0.15, -0.1) is 24.0 Å². The first-order chi connectivity index (χ1) is 10.0. The molecule has 0 saturated heterocycles. The Kier molecular flexibility index (Phi) is 10.6. The molecule has 0 bridgehead atoms. The monoisotopic (exact) mass is 418 g/mol. The fraction of sp³-hybridized carbons (Fsp3) is 0.500. The van der Waals surface area contributed by atoms with Crippen LogP contribution in [0.2, 0.25) is 0 Å². The molecule has 1 amide bonds. The van der Waals surface area contributed by atoms with Crippen molar-refractivity contribution in [3.05, 3.63) is 35.4 Å². The van der Waals surface area contributed by atoms with Crippen LogP contribution >= 0.6 is 24.0 Å². The molecular formula is C16H27IN4O. The maximum Gasteiger partial charge on any atom is 0.251 e. The van der Waals surface area contributed by atoms with E-state index >= 15 is 0 Å². The summed E-state index contributed by atoms with van der Waals surface area (Å²) in [5.41, 5.74) is 7.44. The van der Waals surface area contributed by atoms with Crippen molar-refractivity contribution in [1.29, 1.82) is 0 Å². The topological polar surface area (TPSA) is 79.5 Å². The van der Waals surface area contributed by atoms with Gasteiger partial charge in [0, 0.05) is 18.2 Å². The normalized spacial score (nSPS) is 11.0. The van der Waals surface area contributed by atoms with Crippen LogP contribution in [0.4, 0.5) is 0 Å². The minimum atomic E-state index is -0.0283. The first-order valence-electron chi connectivity index (χ1n) is 7.46. The number of hydrogen-bond acceptors (Lipinski definition) is 2. The number of amides is 1. The first-order valence-corrected chi connectivity index (χ1v) is 7.46. The Morgan fingerprint density at radius 2 is 1.91 bits per heavy atom. The van der Waals surface area contributed by atoms with Crippen molar-refractivity contribution in [3.63, 3.8) is 0 Å². The van der Waals surface area contributed by atoms with E-state index in [2.05, 4.69) is 22.5 Å². The number of nitrogens with one attached hydrogen (secondary N) is 2. The molecule has 0 aromatic heterocycles. The third kappa shape index (κ3) is 8.21. The summed E-state index contributed by atoms with van der Waals surface area (Å²) in [5.74, 6) is 0.408. The van der Waals surface area contributed by atoms with E-state index in [1.54, 1.807) is 0 Å². The van der Waals surface area contributed by atoms with E-state index in [-0.39, 0.29) is 35.9 Å². The highest BCUT2D eigenvalue weighted by Gasteiger charge is 2.04. The number of aliphatic imine (C=N–C) groups is 1. The minimum absolute atomic E-state index is 0. The number of halogens is 1. The zero-order valence-corrected chi connectivity index (χ0v) is 15.9. The van der Waals surface area contributed by atoms with Gasteiger partial charge in [-0.2, -0.15) is 0 Å². The Morgan fingerprint density at radius 1 is 1.27 bits per heavy atom. The first kappa shape index (κ1) is 20.7. The van der Waals surface area contributed by atoms with Gasteiger partial charge in [-0.25, -0.2) is 4.99 Å². The van der Waals surface area contributed by atoms with Crippen molar-refractivity contribution < 1.29 is 4.79 Å². The van der Waals surface area contributed by atoms with Crippen LogP contribution in [0.5, 0.6) is 0 Å². The third-order valence-corrected chi connectivity index (χ3v) is 2.90. The molecule has 22 heavy (non-hydrogen) atoms. The summed E-state index contributed by atoms with van der Waals surface area (Å²) in [7, 11) is 0. The molecule has 0 heterocycles. The Labute approximate surface area is 150 Å². The molecule has 1 aromatic rings. The van der Waals surface area contributed by atoms with Crippen LogP contribution in [0.3, 0.4) is 0 Å².